The maximum absolute atomic E-state index is 10.6. The summed E-state index contributed by atoms with van der Waals surface area (Å²) < 4.78 is 1.33. The van der Waals surface area contributed by atoms with Gasteiger partial charge in [0.15, 0.2) is 0 Å². The van der Waals surface area contributed by atoms with Gasteiger partial charge in [-0.05, 0) is 14.0 Å². The minimum atomic E-state index is -0.916. The number of carboxylic acids is 1. The molecule has 13 heavy (non-hydrogen) atoms. The van der Waals surface area contributed by atoms with Crippen molar-refractivity contribution in [2.24, 2.45) is 0 Å². The topological polar surface area (TPSA) is 80.0 Å². The number of carbonyl (C=O) groups is 1. The first-order valence-electron chi connectivity index (χ1n) is 3.93. The summed E-state index contributed by atoms with van der Waals surface area (Å²) in [5, 5.41) is 19.1. The smallest absolute Gasteiger partial charge is 0.328 e. The van der Waals surface area contributed by atoms with E-state index in [0.717, 1.165) is 5.69 Å². The predicted molar refractivity (Wildman–Crippen MR) is 45.1 cm³/mol. The fourth-order valence-corrected chi connectivity index (χ4v) is 0.878. The average Bonchev–Trinajstić information content (AvgIpc) is 2.52. The van der Waals surface area contributed by atoms with Crippen LogP contribution >= 0.6 is 0 Å². The highest BCUT2D eigenvalue weighted by Gasteiger charge is 2.14. The van der Waals surface area contributed by atoms with Gasteiger partial charge in [-0.25, -0.2) is 9.48 Å². The van der Waals surface area contributed by atoms with Crippen LogP contribution in [0.5, 0.6) is 0 Å². The van der Waals surface area contributed by atoms with E-state index in [1.54, 1.807) is 20.2 Å². The number of nitrogens with zero attached hydrogens (tertiary/aromatic N) is 3. The Labute approximate surface area is 75.6 Å². The zero-order valence-electron chi connectivity index (χ0n) is 7.56. The lowest BCUT2D eigenvalue weighted by atomic mass is 10.3. The lowest BCUT2D eigenvalue weighted by molar-refractivity contribution is -0.140. The molecule has 0 bridgehead atoms. The molecule has 0 fully saturated rings. The minimum absolute atomic E-state index is 0.590. The molecule has 0 saturated carbocycles. The van der Waals surface area contributed by atoms with Gasteiger partial charge in [0.1, 0.15) is 6.04 Å². The van der Waals surface area contributed by atoms with Crippen molar-refractivity contribution in [3.63, 3.8) is 0 Å². The molecular weight excluding hydrogens is 172 g/mol. The van der Waals surface area contributed by atoms with Crippen LogP contribution in [0.1, 0.15) is 18.7 Å². The Morgan fingerprint density at radius 1 is 1.85 bits per heavy atom. The molecule has 0 aliphatic carbocycles. The van der Waals surface area contributed by atoms with Crippen molar-refractivity contribution in [3.8, 4) is 0 Å². The fraction of sp³-hybridized carbons (Fsp3) is 0.571. The Kier molecular flexibility index (Phi) is 2.97. The van der Waals surface area contributed by atoms with E-state index in [9.17, 15) is 4.79 Å². The molecule has 0 aromatic carbocycles. The van der Waals surface area contributed by atoms with E-state index >= 15 is 0 Å². The van der Waals surface area contributed by atoms with Gasteiger partial charge in [-0.3, -0.25) is 0 Å². The van der Waals surface area contributed by atoms with Gasteiger partial charge in [-0.1, -0.05) is 5.21 Å². The van der Waals surface area contributed by atoms with Crippen LogP contribution < -0.4 is 5.32 Å². The standard InChI is InChI=1S/C7H12N4O2/c1-5(7(12)13)11-4-6(3-8-2)9-10-11/h4-5,8H,3H2,1-2H3,(H,12,13). The molecule has 0 aliphatic rings. The lowest BCUT2D eigenvalue weighted by Crippen LogP contribution is -2.16. The first-order chi connectivity index (χ1) is 6.15. The van der Waals surface area contributed by atoms with Crippen molar-refractivity contribution in [1.29, 1.82) is 0 Å². The molecule has 1 atom stereocenters. The largest absolute Gasteiger partial charge is 0.480 e. The van der Waals surface area contributed by atoms with Crippen LogP contribution in [0.15, 0.2) is 6.20 Å². The normalized spacial score (nSPS) is 12.8. The molecule has 0 spiro atoms. The van der Waals surface area contributed by atoms with Crippen LogP contribution in [-0.2, 0) is 11.3 Å². The van der Waals surface area contributed by atoms with Gasteiger partial charge in [0.2, 0.25) is 0 Å². The van der Waals surface area contributed by atoms with Gasteiger partial charge >= 0.3 is 5.97 Å². The van der Waals surface area contributed by atoms with Crippen molar-refractivity contribution >= 4 is 5.97 Å². The Bertz CT molecular complexity index is 296. The van der Waals surface area contributed by atoms with Crippen molar-refractivity contribution < 1.29 is 9.90 Å². The molecule has 1 aromatic heterocycles. The Morgan fingerprint density at radius 2 is 2.54 bits per heavy atom. The van der Waals surface area contributed by atoms with Crippen LogP contribution in [0.2, 0.25) is 0 Å². The summed E-state index contributed by atoms with van der Waals surface area (Å²) in [4.78, 5) is 10.6. The van der Waals surface area contributed by atoms with Crippen molar-refractivity contribution in [2.75, 3.05) is 7.05 Å². The number of carboxylic acid groups (broad SMARTS) is 1. The molecule has 1 heterocycles. The summed E-state index contributed by atoms with van der Waals surface area (Å²) in [6, 6.07) is -0.668. The highest BCUT2D eigenvalue weighted by molar-refractivity contribution is 5.71. The third-order valence-electron chi connectivity index (χ3n) is 1.67. The molecule has 1 aromatic rings. The van der Waals surface area contributed by atoms with Gasteiger partial charge in [0.25, 0.3) is 0 Å². The molecule has 6 nitrogen and oxygen atoms in total. The second-order valence-corrected chi connectivity index (χ2v) is 2.73. The number of nitrogens with one attached hydrogen (secondary N) is 1. The number of hydrogen-bond donors (Lipinski definition) is 2. The Balaban J connectivity index is 2.73. The van der Waals surface area contributed by atoms with Crippen molar-refractivity contribution in [2.45, 2.75) is 19.5 Å². The minimum Gasteiger partial charge on any atom is -0.480 e. The van der Waals surface area contributed by atoms with Crippen LogP contribution in [0.3, 0.4) is 0 Å². The number of aromatic nitrogens is 3. The third-order valence-corrected chi connectivity index (χ3v) is 1.67. The zero-order valence-corrected chi connectivity index (χ0v) is 7.56. The number of hydrogen-bond acceptors (Lipinski definition) is 4. The van der Waals surface area contributed by atoms with E-state index in [-0.39, 0.29) is 0 Å². The van der Waals surface area contributed by atoms with Crippen molar-refractivity contribution in [1.82, 2.24) is 20.3 Å². The summed E-state index contributed by atoms with van der Waals surface area (Å²) in [6.45, 7) is 2.15. The third kappa shape index (κ3) is 2.25. The summed E-state index contributed by atoms with van der Waals surface area (Å²) in [5.74, 6) is -0.916. The molecule has 0 radical (unpaired) electrons. The van der Waals surface area contributed by atoms with E-state index < -0.39 is 12.0 Å². The molecule has 1 unspecified atom stereocenters. The first-order valence-corrected chi connectivity index (χ1v) is 3.93. The highest BCUT2D eigenvalue weighted by Crippen LogP contribution is 2.03. The van der Waals surface area contributed by atoms with Crippen LogP contribution in [0, 0.1) is 0 Å². The van der Waals surface area contributed by atoms with E-state index in [1.807, 2.05) is 0 Å². The highest BCUT2D eigenvalue weighted by atomic mass is 16.4. The molecule has 6 heteroatoms. The van der Waals surface area contributed by atoms with Gasteiger partial charge in [0, 0.05) is 6.54 Å². The second-order valence-electron chi connectivity index (χ2n) is 2.73. The Hall–Kier alpha value is -1.43. The van der Waals surface area contributed by atoms with E-state index in [1.165, 1.54) is 4.68 Å². The quantitative estimate of drug-likeness (QED) is 0.668. The SMILES string of the molecule is CNCc1cn(C(C)C(=O)O)nn1. The summed E-state index contributed by atoms with van der Waals surface area (Å²) >= 11 is 0. The van der Waals surface area contributed by atoms with Crippen LogP contribution in [0.25, 0.3) is 0 Å². The van der Waals surface area contributed by atoms with E-state index in [4.69, 9.17) is 5.11 Å². The van der Waals surface area contributed by atoms with Gasteiger partial charge in [0.05, 0.1) is 11.9 Å². The van der Waals surface area contributed by atoms with Gasteiger partial charge < -0.3 is 10.4 Å². The first kappa shape index (κ1) is 9.66. The zero-order chi connectivity index (χ0) is 9.84. The van der Waals surface area contributed by atoms with Crippen LogP contribution in [0.4, 0.5) is 0 Å². The lowest BCUT2D eigenvalue weighted by Gasteiger charge is -2.03. The molecule has 72 valence electrons. The second kappa shape index (κ2) is 3.99. The maximum atomic E-state index is 10.6. The molecule has 0 saturated heterocycles. The van der Waals surface area contributed by atoms with Gasteiger partial charge in [-0.15, -0.1) is 5.10 Å². The fourth-order valence-electron chi connectivity index (χ4n) is 0.878. The molecule has 0 amide bonds. The monoisotopic (exact) mass is 184 g/mol. The van der Waals surface area contributed by atoms with E-state index in [2.05, 4.69) is 15.6 Å². The molecule has 0 aliphatic heterocycles. The van der Waals surface area contributed by atoms with Gasteiger partial charge in [-0.2, -0.15) is 0 Å². The number of rotatable bonds is 4. The predicted octanol–water partition coefficient (Wildman–Crippen LogP) is -0.357. The van der Waals surface area contributed by atoms with Crippen molar-refractivity contribution in [3.05, 3.63) is 11.9 Å². The number of aliphatic carboxylic acids is 1. The summed E-state index contributed by atoms with van der Waals surface area (Å²) in [5.41, 5.74) is 0.732. The molecule has 1 rings (SSSR count). The Morgan fingerprint density at radius 3 is 3.08 bits per heavy atom. The summed E-state index contributed by atoms with van der Waals surface area (Å²) in [7, 11) is 1.79. The maximum Gasteiger partial charge on any atom is 0.328 e. The van der Waals surface area contributed by atoms with Crippen LogP contribution in [-0.4, -0.2) is 33.1 Å². The molecular formula is C7H12N4O2. The average molecular weight is 184 g/mol. The summed E-state index contributed by atoms with van der Waals surface area (Å²) in [6.07, 6.45) is 1.62. The van der Waals surface area contributed by atoms with E-state index in [0.29, 0.717) is 6.54 Å². The molecule has 2 N–H and O–H groups in total.